The molecule has 1 aliphatic heterocycles. The summed E-state index contributed by atoms with van der Waals surface area (Å²) in [6.07, 6.45) is 2.46. The number of aromatic nitrogens is 1. The van der Waals surface area contributed by atoms with Crippen LogP contribution in [0, 0.1) is 5.92 Å². The van der Waals surface area contributed by atoms with E-state index in [4.69, 9.17) is 10.5 Å². The van der Waals surface area contributed by atoms with Gasteiger partial charge in [0.2, 0.25) is 11.8 Å². The van der Waals surface area contributed by atoms with Crippen LogP contribution in [0.4, 0.5) is 5.69 Å². The normalized spacial score (nSPS) is 13.8. The first-order chi connectivity index (χ1) is 16.4. The smallest absolute Gasteiger partial charge is 0.245 e. The molecular weight excluding hydrogens is 426 g/mol. The van der Waals surface area contributed by atoms with Gasteiger partial charge in [-0.3, -0.25) is 4.79 Å². The van der Waals surface area contributed by atoms with Gasteiger partial charge in [0.05, 0.1) is 11.9 Å². The van der Waals surface area contributed by atoms with Gasteiger partial charge in [0, 0.05) is 31.8 Å². The van der Waals surface area contributed by atoms with Crippen LogP contribution >= 0.6 is 0 Å². The van der Waals surface area contributed by atoms with E-state index in [2.05, 4.69) is 22.1 Å². The third kappa shape index (κ3) is 5.36. The molecule has 0 saturated carbocycles. The van der Waals surface area contributed by atoms with Gasteiger partial charge < -0.3 is 20.3 Å². The number of nitrogens with zero attached hydrogens (tertiary/aromatic N) is 4. The van der Waals surface area contributed by atoms with E-state index in [1.807, 2.05) is 80.4 Å². The molecule has 3 aromatic rings. The monoisotopic (exact) mass is 457 g/mol. The number of likely N-dealkylation sites (N-methyl/N-ethyl adjacent to an activating group) is 1. The Balaban J connectivity index is 1.50. The molecule has 0 unspecified atom stereocenters. The quantitative estimate of drug-likeness (QED) is 0.543. The highest BCUT2D eigenvalue weighted by Crippen LogP contribution is 2.31. The molecule has 4 rings (SSSR count). The summed E-state index contributed by atoms with van der Waals surface area (Å²) in [5.74, 6) is 1.59. The largest absolute Gasteiger partial charge is 0.439 e. The van der Waals surface area contributed by atoms with Gasteiger partial charge in [0.15, 0.2) is 5.96 Å². The number of rotatable bonds is 8. The Kier molecular flexibility index (Phi) is 7.11. The molecule has 7 heteroatoms. The van der Waals surface area contributed by atoms with Crippen LogP contribution in [-0.2, 0) is 17.8 Å². The highest BCUT2D eigenvalue weighted by Gasteiger charge is 2.34. The van der Waals surface area contributed by atoms with Gasteiger partial charge in [0.25, 0.3) is 0 Å². The minimum atomic E-state index is -0.427. The Morgan fingerprint density at radius 3 is 2.47 bits per heavy atom. The maximum absolute atomic E-state index is 13.5. The van der Waals surface area contributed by atoms with Crippen LogP contribution in [0.5, 0.6) is 11.6 Å². The van der Waals surface area contributed by atoms with Crippen molar-refractivity contribution in [1.82, 2.24) is 14.8 Å². The van der Waals surface area contributed by atoms with Gasteiger partial charge in [-0.25, -0.2) is 9.98 Å². The van der Waals surface area contributed by atoms with Gasteiger partial charge in [-0.05, 0) is 30.0 Å². The summed E-state index contributed by atoms with van der Waals surface area (Å²) >= 11 is 0. The predicted molar refractivity (Wildman–Crippen MR) is 134 cm³/mol. The zero-order valence-corrected chi connectivity index (χ0v) is 19.9. The van der Waals surface area contributed by atoms with Gasteiger partial charge in [-0.15, -0.1) is 0 Å². The van der Waals surface area contributed by atoms with E-state index in [1.165, 1.54) is 5.56 Å². The molecule has 0 saturated heterocycles. The molecule has 0 fully saturated rings. The number of carbonyl (C=O) groups is 1. The van der Waals surface area contributed by atoms with Gasteiger partial charge in [-0.1, -0.05) is 62.4 Å². The van der Waals surface area contributed by atoms with Crippen molar-refractivity contribution in [2.45, 2.75) is 32.9 Å². The first-order valence-corrected chi connectivity index (χ1v) is 11.5. The summed E-state index contributed by atoms with van der Waals surface area (Å²) in [6, 6.07) is 21.1. The molecule has 1 amide bonds. The van der Waals surface area contributed by atoms with Crippen LogP contribution in [0.15, 0.2) is 77.9 Å². The van der Waals surface area contributed by atoms with E-state index in [-0.39, 0.29) is 11.8 Å². The van der Waals surface area contributed by atoms with Crippen molar-refractivity contribution in [2.75, 3.05) is 13.6 Å². The lowest BCUT2D eigenvalue weighted by atomic mass is 9.99. The van der Waals surface area contributed by atoms with Crippen LogP contribution in [-0.4, -0.2) is 46.3 Å². The second-order valence-electron chi connectivity index (χ2n) is 8.85. The third-order valence-corrected chi connectivity index (χ3v) is 5.95. The van der Waals surface area contributed by atoms with Crippen LogP contribution in [0.25, 0.3) is 0 Å². The van der Waals surface area contributed by atoms with Crippen LogP contribution in [0.3, 0.4) is 0 Å². The van der Waals surface area contributed by atoms with Crippen LogP contribution < -0.4 is 10.5 Å². The van der Waals surface area contributed by atoms with Gasteiger partial charge >= 0.3 is 0 Å². The number of pyridine rings is 1. The highest BCUT2D eigenvalue weighted by atomic mass is 16.5. The molecule has 1 aromatic heterocycles. The maximum Gasteiger partial charge on any atom is 0.245 e. The molecule has 2 aromatic carbocycles. The molecule has 176 valence electrons. The third-order valence-electron chi connectivity index (χ3n) is 5.95. The Morgan fingerprint density at radius 2 is 1.79 bits per heavy atom. The van der Waals surface area contributed by atoms with E-state index in [0.29, 0.717) is 36.4 Å². The number of nitrogens with two attached hydrogens (primary N) is 1. The van der Waals surface area contributed by atoms with Crippen molar-refractivity contribution in [3.05, 3.63) is 84.1 Å². The summed E-state index contributed by atoms with van der Waals surface area (Å²) in [5.41, 5.74) is 9.16. The van der Waals surface area contributed by atoms with Crippen molar-refractivity contribution >= 4 is 17.6 Å². The number of benzene rings is 2. The average Bonchev–Trinajstić information content (AvgIpc) is 2.84. The average molecular weight is 458 g/mol. The van der Waals surface area contributed by atoms with Crippen molar-refractivity contribution < 1.29 is 9.53 Å². The zero-order chi connectivity index (χ0) is 24.1. The number of fused-ring (bicyclic) bond motifs is 1. The molecule has 1 atom stereocenters. The Hall–Kier alpha value is -3.87. The molecule has 1 aliphatic rings. The van der Waals surface area contributed by atoms with Crippen LogP contribution in [0.2, 0.25) is 0 Å². The summed E-state index contributed by atoms with van der Waals surface area (Å²) in [5, 5.41) is 0. The first kappa shape index (κ1) is 23.3. The molecule has 2 heterocycles. The molecule has 0 radical (unpaired) electrons. The summed E-state index contributed by atoms with van der Waals surface area (Å²) in [6.45, 7) is 5.16. The van der Waals surface area contributed by atoms with E-state index >= 15 is 0 Å². The lowest BCUT2D eigenvalue weighted by molar-refractivity contribution is -0.136. The maximum atomic E-state index is 13.5. The fourth-order valence-electron chi connectivity index (χ4n) is 4.11. The zero-order valence-electron chi connectivity index (χ0n) is 19.9. The molecule has 7 nitrogen and oxygen atoms in total. The highest BCUT2D eigenvalue weighted by molar-refractivity contribution is 5.90. The number of aliphatic imine (C=N–C) groups is 1. The number of para-hydroxylation sites is 1. The minimum Gasteiger partial charge on any atom is -0.439 e. The number of hydrogen-bond acceptors (Lipinski definition) is 6. The Bertz CT molecular complexity index is 1150. The van der Waals surface area contributed by atoms with Crippen molar-refractivity contribution in [3.63, 3.8) is 0 Å². The summed E-state index contributed by atoms with van der Waals surface area (Å²) in [4.78, 5) is 26.1. The minimum absolute atomic E-state index is 0.0300. The molecule has 0 bridgehead atoms. The fourth-order valence-corrected chi connectivity index (χ4v) is 4.11. The number of hydrogen-bond donors (Lipinski definition) is 1. The fraction of sp³-hybridized carbons (Fsp3) is 0.296. The second kappa shape index (κ2) is 10.4. The van der Waals surface area contributed by atoms with Crippen molar-refractivity contribution in [3.8, 4) is 11.6 Å². The Morgan fingerprint density at radius 1 is 1.12 bits per heavy atom. The van der Waals surface area contributed by atoms with E-state index < -0.39 is 6.04 Å². The lowest BCUT2D eigenvalue weighted by Crippen LogP contribution is -2.55. The van der Waals surface area contributed by atoms with E-state index in [1.54, 1.807) is 11.1 Å². The van der Waals surface area contributed by atoms with E-state index in [0.717, 1.165) is 12.0 Å². The first-order valence-electron chi connectivity index (χ1n) is 11.5. The van der Waals surface area contributed by atoms with Gasteiger partial charge in [-0.2, -0.15) is 0 Å². The SMILES string of the molecule is CC(C)[C@H](C(=O)N(C)CCc1ccccc1)N1Cc2cc(Oc3ccccc3)ncc2N=C1N. The number of amides is 1. The summed E-state index contributed by atoms with van der Waals surface area (Å²) < 4.78 is 5.89. The Labute approximate surface area is 200 Å². The van der Waals surface area contributed by atoms with Gasteiger partial charge in [0.1, 0.15) is 11.8 Å². The van der Waals surface area contributed by atoms with Crippen LogP contribution in [0.1, 0.15) is 25.0 Å². The van der Waals surface area contributed by atoms with E-state index in [9.17, 15) is 4.79 Å². The van der Waals surface area contributed by atoms with Crippen molar-refractivity contribution in [1.29, 1.82) is 0 Å². The molecule has 0 aliphatic carbocycles. The number of ether oxygens (including phenoxy) is 1. The standard InChI is InChI=1S/C27H31N5O2/c1-19(2)25(26(33)31(3)15-14-20-10-6-4-7-11-20)32-18-21-16-24(29-17-23(21)30-27(32)28)34-22-12-8-5-9-13-22/h4-13,16-17,19,25H,14-15,18H2,1-3H3,(H2,28,30)/t25-/m1/s1. The molecular formula is C27H31N5O2. The number of carbonyl (C=O) groups excluding carboxylic acids is 1. The molecule has 34 heavy (non-hydrogen) atoms. The van der Waals surface area contributed by atoms with Crippen molar-refractivity contribution in [2.24, 2.45) is 16.6 Å². The number of guanidine groups is 1. The predicted octanol–water partition coefficient (Wildman–Crippen LogP) is 4.36. The lowest BCUT2D eigenvalue weighted by Gasteiger charge is -2.38. The topological polar surface area (TPSA) is 84.0 Å². The second-order valence-corrected chi connectivity index (χ2v) is 8.85. The molecule has 0 spiro atoms. The molecule has 2 N–H and O–H groups in total. The summed E-state index contributed by atoms with van der Waals surface area (Å²) in [7, 11) is 1.85.